The van der Waals surface area contributed by atoms with Crippen LogP contribution in [-0.4, -0.2) is 43.6 Å². The maximum absolute atomic E-state index is 14.1. The average molecular weight is 707 g/mol. The third-order valence-corrected chi connectivity index (χ3v) is 9.19. The van der Waals surface area contributed by atoms with Gasteiger partial charge in [0.25, 0.3) is 11.8 Å². The summed E-state index contributed by atoms with van der Waals surface area (Å²) in [5, 5.41) is 33.5. The number of benzene rings is 4. The average Bonchev–Trinajstić information content (AvgIpc) is 3.65. The molecular formula is C38H36BrN5O4. The van der Waals surface area contributed by atoms with Crippen molar-refractivity contribution in [3.05, 3.63) is 154 Å². The van der Waals surface area contributed by atoms with Gasteiger partial charge in [-0.2, -0.15) is 0 Å². The Bertz CT molecular complexity index is 1930. The second-order valence-corrected chi connectivity index (χ2v) is 12.8. The van der Waals surface area contributed by atoms with Crippen LogP contribution < -0.4 is 10.2 Å². The standard InChI is InChI=1S/C38H36BrN5O4/c1-26(11-8-9-20-43-24-34(41-42-43)32(25-45)28-13-4-2-5-14-28)38(48)33-22-30(39)18-19-35(33)44(37(38)47)23-27-12-10-17-31(21-27)40-36(46)29-15-6-3-7-16-29/h2-8,10-19,21-22,24,26,32,45,48H,9,20,23,25H2,1H3,(H,40,46)/b11-8+/t26-,32?,38+/m1/s1. The lowest BCUT2D eigenvalue weighted by Crippen LogP contribution is -2.44. The number of carbonyl (C=O) groups excluding carboxylic acids is 2. The second-order valence-electron chi connectivity index (χ2n) is 11.9. The molecule has 0 saturated carbocycles. The maximum Gasteiger partial charge on any atom is 0.264 e. The van der Waals surface area contributed by atoms with Crippen molar-refractivity contribution in [3.8, 4) is 0 Å². The summed E-state index contributed by atoms with van der Waals surface area (Å²) in [7, 11) is 0. The molecule has 10 heteroatoms. The molecule has 2 amide bonds. The first-order chi connectivity index (χ1) is 23.3. The van der Waals surface area contributed by atoms with Gasteiger partial charge in [-0.3, -0.25) is 14.3 Å². The number of halogens is 1. The van der Waals surface area contributed by atoms with Crippen molar-refractivity contribution in [3.63, 3.8) is 0 Å². The molecule has 9 nitrogen and oxygen atoms in total. The SMILES string of the molecule is C[C@H](/C=C/CCn1cc(C(CO)c2ccccc2)nn1)[C@@]1(O)C(=O)N(Cc2cccc(NC(=O)c3ccccc3)c2)c2ccc(Br)cc21. The zero-order valence-electron chi connectivity index (χ0n) is 26.4. The van der Waals surface area contributed by atoms with Gasteiger partial charge < -0.3 is 20.4 Å². The number of nitrogens with one attached hydrogen (secondary N) is 1. The smallest absolute Gasteiger partial charge is 0.264 e. The van der Waals surface area contributed by atoms with E-state index in [1.807, 2.05) is 104 Å². The maximum atomic E-state index is 14.1. The first kappa shape index (κ1) is 33.0. The van der Waals surface area contributed by atoms with Gasteiger partial charge in [0.1, 0.15) is 0 Å². The van der Waals surface area contributed by atoms with E-state index in [-0.39, 0.29) is 25.0 Å². The van der Waals surface area contributed by atoms with Gasteiger partial charge in [-0.15, -0.1) is 5.10 Å². The Morgan fingerprint density at radius 3 is 2.50 bits per heavy atom. The molecule has 2 heterocycles. The Balaban J connectivity index is 1.14. The summed E-state index contributed by atoms with van der Waals surface area (Å²) in [6.07, 6.45) is 6.25. The molecule has 6 rings (SSSR count). The van der Waals surface area contributed by atoms with Crippen molar-refractivity contribution in [1.29, 1.82) is 0 Å². The van der Waals surface area contributed by atoms with Crippen LogP contribution in [0.2, 0.25) is 0 Å². The highest BCUT2D eigenvalue weighted by Gasteiger charge is 2.52. The number of hydrogen-bond donors (Lipinski definition) is 3. The summed E-state index contributed by atoms with van der Waals surface area (Å²) < 4.78 is 2.49. The number of aliphatic hydroxyl groups excluding tert-OH is 1. The molecule has 244 valence electrons. The molecule has 1 aliphatic rings. The number of allylic oxidation sites excluding steroid dienone is 1. The number of aromatic nitrogens is 3. The molecular weight excluding hydrogens is 670 g/mol. The number of aliphatic hydroxyl groups is 2. The van der Waals surface area contributed by atoms with Crippen LogP contribution in [0, 0.1) is 5.92 Å². The zero-order chi connectivity index (χ0) is 33.7. The predicted octanol–water partition coefficient (Wildman–Crippen LogP) is 6.43. The van der Waals surface area contributed by atoms with E-state index in [1.54, 1.807) is 33.8 Å². The van der Waals surface area contributed by atoms with Gasteiger partial charge in [-0.1, -0.05) is 101 Å². The molecule has 5 aromatic rings. The molecule has 1 aliphatic heterocycles. The van der Waals surface area contributed by atoms with Crippen LogP contribution >= 0.6 is 15.9 Å². The topological polar surface area (TPSA) is 121 Å². The van der Waals surface area contributed by atoms with Crippen molar-refractivity contribution < 1.29 is 19.8 Å². The van der Waals surface area contributed by atoms with E-state index in [1.165, 1.54) is 0 Å². The molecule has 0 aliphatic carbocycles. The molecule has 0 saturated heterocycles. The van der Waals surface area contributed by atoms with Gasteiger partial charge in [0, 0.05) is 39.9 Å². The molecule has 0 spiro atoms. The van der Waals surface area contributed by atoms with E-state index in [2.05, 4.69) is 31.6 Å². The molecule has 3 atom stereocenters. The molecule has 3 N–H and O–H groups in total. The number of aryl methyl sites for hydroxylation is 1. The fourth-order valence-electron chi connectivity index (χ4n) is 6.08. The van der Waals surface area contributed by atoms with E-state index in [9.17, 15) is 19.8 Å². The molecule has 1 unspecified atom stereocenters. The highest BCUT2D eigenvalue weighted by molar-refractivity contribution is 9.10. The lowest BCUT2D eigenvalue weighted by Gasteiger charge is -2.28. The number of rotatable bonds is 12. The van der Waals surface area contributed by atoms with Crippen LogP contribution in [0.15, 0.2) is 126 Å². The van der Waals surface area contributed by atoms with Crippen LogP contribution in [0.1, 0.15) is 52.0 Å². The minimum absolute atomic E-state index is 0.0718. The molecule has 4 aromatic carbocycles. The van der Waals surface area contributed by atoms with E-state index < -0.39 is 17.4 Å². The van der Waals surface area contributed by atoms with E-state index in [0.29, 0.717) is 41.2 Å². The van der Waals surface area contributed by atoms with Gasteiger partial charge in [0.05, 0.1) is 30.5 Å². The first-order valence-corrected chi connectivity index (χ1v) is 16.6. The van der Waals surface area contributed by atoms with Gasteiger partial charge in [-0.25, -0.2) is 0 Å². The fraction of sp³-hybridized carbons (Fsp3) is 0.211. The second kappa shape index (κ2) is 14.5. The monoisotopic (exact) mass is 705 g/mol. The third kappa shape index (κ3) is 6.87. The summed E-state index contributed by atoms with van der Waals surface area (Å²) in [5.74, 6) is -1.43. The molecule has 0 bridgehead atoms. The van der Waals surface area contributed by atoms with E-state index in [4.69, 9.17) is 0 Å². The fourth-order valence-corrected chi connectivity index (χ4v) is 6.44. The summed E-state index contributed by atoms with van der Waals surface area (Å²) in [6, 6.07) is 31.5. The third-order valence-electron chi connectivity index (χ3n) is 8.70. The normalized spacial score (nSPS) is 17.0. The van der Waals surface area contributed by atoms with Gasteiger partial charge >= 0.3 is 0 Å². The lowest BCUT2D eigenvalue weighted by molar-refractivity contribution is -0.139. The Morgan fingerprint density at radius 1 is 1.00 bits per heavy atom. The largest absolute Gasteiger partial charge is 0.395 e. The quantitative estimate of drug-likeness (QED) is 0.129. The van der Waals surface area contributed by atoms with Crippen molar-refractivity contribution in [2.24, 2.45) is 5.92 Å². The molecule has 0 fully saturated rings. The van der Waals surface area contributed by atoms with E-state index >= 15 is 0 Å². The summed E-state index contributed by atoms with van der Waals surface area (Å²) in [4.78, 5) is 28.4. The Morgan fingerprint density at radius 2 is 1.75 bits per heavy atom. The van der Waals surface area contributed by atoms with Crippen LogP contribution in [0.5, 0.6) is 0 Å². The minimum Gasteiger partial charge on any atom is -0.395 e. The van der Waals surface area contributed by atoms with Crippen molar-refractivity contribution in [2.75, 3.05) is 16.8 Å². The summed E-state index contributed by atoms with van der Waals surface area (Å²) in [5.41, 5.74) is 3.02. The Labute approximate surface area is 287 Å². The molecule has 1 aromatic heterocycles. The lowest BCUT2D eigenvalue weighted by atomic mass is 9.83. The number of carbonyl (C=O) groups is 2. The highest BCUT2D eigenvalue weighted by Crippen LogP contribution is 2.46. The highest BCUT2D eigenvalue weighted by atomic mass is 79.9. The van der Waals surface area contributed by atoms with Gasteiger partial charge in [-0.05, 0) is 60.0 Å². The Hall–Kier alpha value is -4.90. The number of anilines is 2. The molecule has 0 radical (unpaired) electrons. The molecule has 48 heavy (non-hydrogen) atoms. The van der Waals surface area contributed by atoms with Gasteiger partial charge in [0.15, 0.2) is 5.60 Å². The minimum atomic E-state index is -1.78. The van der Waals surface area contributed by atoms with Crippen molar-refractivity contribution in [2.45, 2.75) is 38.0 Å². The predicted molar refractivity (Wildman–Crippen MR) is 188 cm³/mol. The number of fused-ring (bicyclic) bond motifs is 1. The van der Waals surface area contributed by atoms with Crippen molar-refractivity contribution in [1.82, 2.24) is 15.0 Å². The summed E-state index contributed by atoms with van der Waals surface area (Å²) >= 11 is 3.52. The first-order valence-electron chi connectivity index (χ1n) is 15.8. The van der Waals surface area contributed by atoms with Crippen LogP contribution in [0.3, 0.4) is 0 Å². The number of nitrogens with zero attached hydrogens (tertiary/aromatic N) is 4. The van der Waals surface area contributed by atoms with Gasteiger partial charge in [0.2, 0.25) is 0 Å². The Kier molecular flexibility index (Phi) is 9.95. The zero-order valence-corrected chi connectivity index (χ0v) is 28.0. The number of hydrogen-bond acceptors (Lipinski definition) is 6. The number of amides is 2. The summed E-state index contributed by atoms with van der Waals surface area (Å²) in [6.45, 7) is 2.52. The van der Waals surface area contributed by atoms with Crippen molar-refractivity contribution >= 4 is 39.1 Å². The van der Waals surface area contributed by atoms with E-state index in [0.717, 1.165) is 15.6 Å². The van der Waals surface area contributed by atoms with Crippen LogP contribution in [-0.2, 0) is 23.5 Å². The van der Waals surface area contributed by atoms with Crippen LogP contribution in [0.4, 0.5) is 11.4 Å². The van der Waals surface area contributed by atoms with Crippen LogP contribution in [0.25, 0.3) is 0 Å².